The Balaban J connectivity index is 2.95. The van der Waals surface area contributed by atoms with Crippen molar-refractivity contribution in [1.29, 1.82) is 0 Å². The lowest BCUT2D eigenvalue weighted by Gasteiger charge is -2.21. The number of rotatable bonds is 3. The van der Waals surface area contributed by atoms with Gasteiger partial charge in [0, 0.05) is 12.7 Å². The molecule has 16 heavy (non-hydrogen) atoms. The number of halogens is 1. The van der Waals surface area contributed by atoms with Crippen LogP contribution in [0.4, 0.5) is 5.69 Å². The maximum atomic E-state index is 12.0. The van der Waals surface area contributed by atoms with E-state index in [9.17, 15) is 4.79 Å². The largest absolute Gasteiger partial charge is 0.315 e. The molecule has 1 aromatic rings. The van der Waals surface area contributed by atoms with Crippen LogP contribution in [0, 0.1) is 13.8 Å². The standard InChI is InChI=1S/C13H18BrNO/c1-5-12(14)13(16)15(4)11-7-9(2)6-10(3)8-11/h6-8,12H,5H2,1-4H3. The molecule has 0 heterocycles. The van der Waals surface area contributed by atoms with Crippen LogP contribution in [0.5, 0.6) is 0 Å². The maximum absolute atomic E-state index is 12.0. The van der Waals surface area contributed by atoms with Crippen molar-refractivity contribution >= 4 is 27.5 Å². The summed E-state index contributed by atoms with van der Waals surface area (Å²) in [5.41, 5.74) is 3.31. The van der Waals surface area contributed by atoms with Gasteiger partial charge in [0.15, 0.2) is 0 Å². The van der Waals surface area contributed by atoms with Gasteiger partial charge in [0.25, 0.3) is 0 Å². The Morgan fingerprint density at radius 2 is 1.81 bits per heavy atom. The fraction of sp³-hybridized carbons (Fsp3) is 0.462. The molecule has 1 atom stereocenters. The molecule has 0 N–H and O–H groups in total. The van der Waals surface area contributed by atoms with Crippen LogP contribution in [0.25, 0.3) is 0 Å². The molecule has 1 unspecified atom stereocenters. The Hall–Kier alpha value is -0.830. The van der Waals surface area contributed by atoms with E-state index in [0.717, 1.165) is 12.1 Å². The second-order valence-electron chi connectivity index (χ2n) is 4.12. The van der Waals surface area contributed by atoms with Crippen molar-refractivity contribution in [2.45, 2.75) is 32.0 Å². The maximum Gasteiger partial charge on any atom is 0.240 e. The average molecular weight is 284 g/mol. The highest BCUT2D eigenvalue weighted by Gasteiger charge is 2.18. The van der Waals surface area contributed by atoms with E-state index in [-0.39, 0.29) is 10.7 Å². The number of benzene rings is 1. The van der Waals surface area contributed by atoms with Gasteiger partial charge in [-0.15, -0.1) is 0 Å². The molecule has 0 saturated carbocycles. The molecule has 0 aliphatic heterocycles. The van der Waals surface area contributed by atoms with Gasteiger partial charge in [-0.1, -0.05) is 28.9 Å². The first kappa shape index (κ1) is 13.2. The fourth-order valence-electron chi connectivity index (χ4n) is 1.66. The predicted octanol–water partition coefficient (Wildman–Crippen LogP) is 3.44. The lowest BCUT2D eigenvalue weighted by atomic mass is 10.1. The normalized spacial score (nSPS) is 12.3. The summed E-state index contributed by atoms with van der Waals surface area (Å²) in [6, 6.07) is 6.16. The second kappa shape index (κ2) is 5.48. The predicted molar refractivity (Wildman–Crippen MR) is 72.3 cm³/mol. The van der Waals surface area contributed by atoms with E-state index < -0.39 is 0 Å². The first-order valence-electron chi connectivity index (χ1n) is 5.45. The summed E-state index contributed by atoms with van der Waals surface area (Å²) >= 11 is 3.39. The fourth-order valence-corrected chi connectivity index (χ4v) is 1.96. The van der Waals surface area contributed by atoms with Crippen molar-refractivity contribution in [3.05, 3.63) is 29.3 Å². The van der Waals surface area contributed by atoms with E-state index in [1.54, 1.807) is 4.90 Å². The molecule has 1 amide bonds. The number of anilines is 1. The number of aryl methyl sites for hydroxylation is 2. The van der Waals surface area contributed by atoms with Crippen molar-refractivity contribution in [3.8, 4) is 0 Å². The third kappa shape index (κ3) is 3.08. The summed E-state index contributed by atoms with van der Waals surface area (Å²) in [6.45, 7) is 6.08. The summed E-state index contributed by atoms with van der Waals surface area (Å²) in [4.78, 5) is 13.6. The first-order chi connectivity index (χ1) is 7.45. The molecule has 0 aliphatic carbocycles. The van der Waals surface area contributed by atoms with Gasteiger partial charge < -0.3 is 4.90 Å². The molecule has 0 aliphatic rings. The Morgan fingerprint density at radius 3 is 2.25 bits per heavy atom. The van der Waals surface area contributed by atoms with E-state index in [1.165, 1.54) is 11.1 Å². The molecule has 0 radical (unpaired) electrons. The molecule has 1 rings (SSSR count). The van der Waals surface area contributed by atoms with Gasteiger partial charge in [0.1, 0.15) is 0 Å². The Morgan fingerprint density at radius 1 is 1.31 bits per heavy atom. The molecule has 1 aromatic carbocycles. The summed E-state index contributed by atoms with van der Waals surface area (Å²) in [5.74, 6) is 0.104. The van der Waals surface area contributed by atoms with Gasteiger partial charge in [-0.25, -0.2) is 0 Å². The summed E-state index contributed by atoms with van der Waals surface area (Å²) in [7, 11) is 1.82. The highest BCUT2D eigenvalue weighted by atomic mass is 79.9. The molecule has 0 spiro atoms. The van der Waals surface area contributed by atoms with E-state index in [4.69, 9.17) is 0 Å². The van der Waals surface area contributed by atoms with E-state index in [0.29, 0.717) is 0 Å². The van der Waals surface area contributed by atoms with Gasteiger partial charge in [-0.3, -0.25) is 4.79 Å². The minimum absolute atomic E-state index is 0.0988. The van der Waals surface area contributed by atoms with Crippen LogP contribution in [0.15, 0.2) is 18.2 Å². The minimum atomic E-state index is -0.0988. The Bertz CT molecular complexity index is 369. The smallest absolute Gasteiger partial charge is 0.240 e. The first-order valence-corrected chi connectivity index (χ1v) is 6.37. The van der Waals surface area contributed by atoms with Crippen molar-refractivity contribution in [1.82, 2.24) is 0 Å². The third-order valence-corrected chi connectivity index (χ3v) is 3.59. The highest BCUT2D eigenvalue weighted by molar-refractivity contribution is 9.10. The number of amides is 1. The number of carbonyl (C=O) groups excluding carboxylic acids is 1. The minimum Gasteiger partial charge on any atom is -0.315 e. The molecular weight excluding hydrogens is 266 g/mol. The summed E-state index contributed by atoms with van der Waals surface area (Å²) in [5, 5.41) is 0. The third-order valence-electron chi connectivity index (χ3n) is 2.55. The van der Waals surface area contributed by atoms with Crippen molar-refractivity contribution < 1.29 is 4.79 Å². The lowest BCUT2D eigenvalue weighted by Crippen LogP contribution is -2.33. The molecule has 88 valence electrons. The van der Waals surface area contributed by atoms with Crippen molar-refractivity contribution in [2.75, 3.05) is 11.9 Å². The molecule has 0 bridgehead atoms. The monoisotopic (exact) mass is 283 g/mol. The number of hydrogen-bond donors (Lipinski definition) is 0. The quantitative estimate of drug-likeness (QED) is 0.779. The molecule has 2 nitrogen and oxygen atoms in total. The van der Waals surface area contributed by atoms with Crippen LogP contribution in [0.3, 0.4) is 0 Å². The number of carbonyl (C=O) groups is 1. The molecule has 0 fully saturated rings. The summed E-state index contributed by atoms with van der Waals surface area (Å²) in [6.07, 6.45) is 0.800. The highest BCUT2D eigenvalue weighted by Crippen LogP contribution is 2.20. The SMILES string of the molecule is CCC(Br)C(=O)N(C)c1cc(C)cc(C)c1. The van der Waals surface area contributed by atoms with Crippen LogP contribution < -0.4 is 4.90 Å². The van der Waals surface area contributed by atoms with Crippen LogP contribution >= 0.6 is 15.9 Å². The van der Waals surface area contributed by atoms with Crippen LogP contribution in [-0.4, -0.2) is 17.8 Å². The second-order valence-corrected chi connectivity index (χ2v) is 5.22. The van der Waals surface area contributed by atoms with E-state index in [1.807, 2.05) is 40.0 Å². The van der Waals surface area contributed by atoms with E-state index in [2.05, 4.69) is 22.0 Å². The molecular formula is C13H18BrNO. The van der Waals surface area contributed by atoms with Crippen LogP contribution in [0.1, 0.15) is 24.5 Å². The van der Waals surface area contributed by atoms with Crippen molar-refractivity contribution in [3.63, 3.8) is 0 Å². The van der Waals surface area contributed by atoms with E-state index >= 15 is 0 Å². The zero-order valence-electron chi connectivity index (χ0n) is 10.2. The van der Waals surface area contributed by atoms with Gasteiger partial charge >= 0.3 is 0 Å². The number of nitrogens with zero attached hydrogens (tertiary/aromatic N) is 1. The Kier molecular flexibility index (Phi) is 4.54. The van der Waals surface area contributed by atoms with Gasteiger partial charge in [0.2, 0.25) is 5.91 Å². The zero-order chi connectivity index (χ0) is 12.3. The van der Waals surface area contributed by atoms with Crippen LogP contribution in [0.2, 0.25) is 0 Å². The molecule has 3 heteroatoms. The van der Waals surface area contributed by atoms with Crippen molar-refractivity contribution in [2.24, 2.45) is 0 Å². The Labute approximate surface area is 106 Å². The molecule has 0 saturated heterocycles. The number of alkyl halides is 1. The topological polar surface area (TPSA) is 20.3 Å². The number of hydrogen-bond acceptors (Lipinski definition) is 1. The lowest BCUT2D eigenvalue weighted by molar-refractivity contribution is -0.117. The van der Waals surface area contributed by atoms with Gasteiger partial charge in [0.05, 0.1) is 4.83 Å². The zero-order valence-corrected chi connectivity index (χ0v) is 11.8. The van der Waals surface area contributed by atoms with Gasteiger partial charge in [-0.2, -0.15) is 0 Å². The van der Waals surface area contributed by atoms with Gasteiger partial charge in [-0.05, 0) is 43.5 Å². The average Bonchev–Trinajstić information content (AvgIpc) is 2.24. The van der Waals surface area contributed by atoms with Crippen LogP contribution in [-0.2, 0) is 4.79 Å². The summed E-state index contributed by atoms with van der Waals surface area (Å²) < 4.78 is 0. The molecule has 0 aromatic heterocycles.